The Kier molecular flexibility index (Phi) is 3.76. The minimum Gasteiger partial charge on any atom is -0.369 e. The van der Waals surface area contributed by atoms with E-state index < -0.39 is 0 Å². The molecule has 2 rings (SSSR count). The minimum atomic E-state index is 0.0579. The molecule has 96 valence electrons. The van der Waals surface area contributed by atoms with Crippen LogP contribution in [0, 0.1) is 13.8 Å². The first kappa shape index (κ1) is 12.8. The molecule has 2 aromatic heterocycles. The van der Waals surface area contributed by atoms with Crippen LogP contribution in [0.3, 0.4) is 0 Å². The van der Waals surface area contributed by atoms with Gasteiger partial charge in [-0.2, -0.15) is 0 Å². The average molecular weight is 264 g/mol. The number of aryl methyl sites for hydroxylation is 1. The lowest BCUT2D eigenvalue weighted by Gasteiger charge is -2.05. The van der Waals surface area contributed by atoms with Crippen LogP contribution in [0.1, 0.15) is 23.2 Å². The van der Waals surface area contributed by atoms with Crippen molar-refractivity contribution in [1.29, 1.82) is 0 Å². The molecule has 0 atom stereocenters. The molecule has 0 saturated carbocycles. The molecule has 6 heteroatoms. The Labute approximate surface area is 110 Å². The van der Waals surface area contributed by atoms with E-state index >= 15 is 0 Å². The van der Waals surface area contributed by atoms with E-state index in [1.54, 1.807) is 17.0 Å². The summed E-state index contributed by atoms with van der Waals surface area (Å²) < 4.78 is 1.73. The van der Waals surface area contributed by atoms with Gasteiger partial charge >= 0.3 is 4.87 Å². The number of aromatic nitrogens is 3. The van der Waals surface area contributed by atoms with Gasteiger partial charge in [-0.25, -0.2) is 4.98 Å². The highest BCUT2D eigenvalue weighted by Crippen LogP contribution is 2.11. The summed E-state index contributed by atoms with van der Waals surface area (Å²) in [5, 5.41) is 3.09. The molecular weight excluding hydrogens is 248 g/mol. The Balaban J connectivity index is 2.21. The summed E-state index contributed by atoms with van der Waals surface area (Å²) in [6, 6.07) is 0. The van der Waals surface area contributed by atoms with Gasteiger partial charge in [-0.05, 0) is 20.8 Å². The fourth-order valence-electron chi connectivity index (χ4n) is 1.64. The van der Waals surface area contributed by atoms with E-state index in [0.717, 1.165) is 28.6 Å². The number of anilines is 1. The molecule has 1 N–H and O–H groups in total. The van der Waals surface area contributed by atoms with Crippen LogP contribution in [0.2, 0.25) is 0 Å². The zero-order chi connectivity index (χ0) is 13.1. The van der Waals surface area contributed by atoms with Gasteiger partial charge in [0.15, 0.2) is 0 Å². The van der Waals surface area contributed by atoms with Crippen LogP contribution in [-0.2, 0) is 6.54 Å². The molecule has 0 aliphatic carbocycles. The molecular formula is C12H16N4OS. The van der Waals surface area contributed by atoms with E-state index in [1.165, 1.54) is 11.3 Å². The molecule has 0 aliphatic rings. The van der Waals surface area contributed by atoms with Crippen molar-refractivity contribution in [2.75, 3.05) is 11.9 Å². The van der Waals surface area contributed by atoms with Gasteiger partial charge in [0.1, 0.15) is 5.82 Å². The van der Waals surface area contributed by atoms with Crippen molar-refractivity contribution >= 4 is 17.2 Å². The van der Waals surface area contributed by atoms with Gasteiger partial charge in [-0.1, -0.05) is 11.3 Å². The monoisotopic (exact) mass is 264 g/mol. The number of nitrogens with zero attached hydrogens (tertiary/aromatic N) is 3. The van der Waals surface area contributed by atoms with Crippen LogP contribution in [-0.4, -0.2) is 21.1 Å². The van der Waals surface area contributed by atoms with Crippen LogP contribution in [0.25, 0.3) is 0 Å². The van der Waals surface area contributed by atoms with Crippen molar-refractivity contribution in [2.24, 2.45) is 0 Å². The molecule has 0 unspecified atom stereocenters. The second-order valence-corrected chi connectivity index (χ2v) is 5.18. The smallest absolute Gasteiger partial charge is 0.307 e. The van der Waals surface area contributed by atoms with Gasteiger partial charge in [0, 0.05) is 17.1 Å². The van der Waals surface area contributed by atoms with Crippen molar-refractivity contribution in [1.82, 2.24) is 14.5 Å². The zero-order valence-corrected chi connectivity index (χ0v) is 11.5. The Morgan fingerprint density at radius 1 is 1.33 bits per heavy atom. The highest BCUT2D eigenvalue weighted by molar-refractivity contribution is 7.09. The molecule has 0 spiro atoms. The number of thiazole rings is 1. The Hall–Kier alpha value is -1.69. The molecule has 0 amide bonds. The maximum Gasteiger partial charge on any atom is 0.307 e. The summed E-state index contributed by atoms with van der Waals surface area (Å²) in [4.78, 5) is 21.4. The van der Waals surface area contributed by atoms with Crippen molar-refractivity contribution in [3.05, 3.63) is 38.3 Å². The zero-order valence-electron chi connectivity index (χ0n) is 10.7. The highest BCUT2D eigenvalue weighted by Gasteiger charge is 2.08. The first-order chi connectivity index (χ1) is 8.61. The Morgan fingerprint density at radius 2 is 2.11 bits per heavy atom. The van der Waals surface area contributed by atoms with Gasteiger partial charge in [0.05, 0.1) is 24.6 Å². The SMILES string of the molecule is CCNc1cnc(Cn2c(C)c(C)sc2=O)cn1. The maximum atomic E-state index is 11.8. The summed E-state index contributed by atoms with van der Waals surface area (Å²) in [6.45, 7) is 7.21. The number of hydrogen-bond donors (Lipinski definition) is 1. The standard InChI is InChI=1S/C12H16N4OS/c1-4-13-11-6-14-10(5-15-11)7-16-8(2)9(3)18-12(16)17/h5-6H,4,7H2,1-3H3,(H,13,15). The van der Waals surface area contributed by atoms with Crippen molar-refractivity contribution in [3.63, 3.8) is 0 Å². The van der Waals surface area contributed by atoms with Gasteiger partial charge in [0.25, 0.3) is 0 Å². The largest absolute Gasteiger partial charge is 0.369 e. The maximum absolute atomic E-state index is 11.8. The number of hydrogen-bond acceptors (Lipinski definition) is 5. The van der Waals surface area contributed by atoms with Crippen LogP contribution < -0.4 is 10.2 Å². The molecule has 0 bridgehead atoms. The third-order valence-electron chi connectivity index (χ3n) is 2.76. The topological polar surface area (TPSA) is 59.8 Å². The molecule has 5 nitrogen and oxygen atoms in total. The second kappa shape index (κ2) is 5.30. The first-order valence-electron chi connectivity index (χ1n) is 5.83. The summed E-state index contributed by atoms with van der Waals surface area (Å²) in [7, 11) is 0. The summed E-state index contributed by atoms with van der Waals surface area (Å²) in [6.07, 6.45) is 3.40. The second-order valence-electron chi connectivity index (χ2n) is 4.02. The molecule has 2 heterocycles. The van der Waals surface area contributed by atoms with Crippen LogP contribution in [0.5, 0.6) is 0 Å². The van der Waals surface area contributed by atoms with Crippen molar-refractivity contribution in [3.8, 4) is 0 Å². The lowest BCUT2D eigenvalue weighted by Crippen LogP contribution is -2.16. The first-order valence-corrected chi connectivity index (χ1v) is 6.65. The molecule has 0 radical (unpaired) electrons. The lowest BCUT2D eigenvalue weighted by atomic mass is 10.3. The lowest BCUT2D eigenvalue weighted by molar-refractivity contribution is 0.728. The normalized spacial score (nSPS) is 10.6. The van der Waals surface area contributed by atoms with E-state index in [4.69, 9.17) is 0 Å². The van der Waals surface area contributed by atoms with Crippen molar-refractivity contribution in [2.45, 2.75) is 27.3 Å². The van der Waals surface area contributed by atoms with Crippen LogP contribution in [0.4, 0.5) is 5.82 Å². The van der Waals surface area contributed by atoms with Gasteiger partial charge in [-0.15, -0.1) is 0 Å². The van der Waals surface area contributed by atoms with Gasteiger partial charge < -0.3 is 5.32 Å². The van der Waals surface area contributed by atoms with Gasteiger partial charge in [0.2, 0.25) is 0 Å². The molecule has 0 saturated heterocycles. The van der Waals surface area contributed by atoms with Crippen LogP contribution in [0.15, 0.2) is 17.2 Å². The Bertz CT molecular complexity index is 585. The summed E-state index contributed by atoms with van der Waals surface area (Å²) in [5.41, 5.74) is 1.79. The number of rotatable bonds is 4. The van der Waals surface area contributed by atoms with E-state index in [-0.39, 0.29) is 4.87 Å². The number of nitrogens with one attached hydrogen (secondary N) is 1. The van der Waals surface area contributed by atoms with E-state index in [9.17, 15) is 4.79 Å². The third kappa shape index (κ3) is 2.59. The van der Waals surface area contributed by atoms with E-state index in [2.05, 4.69) is 15.3 Å². The van der Waals surface area contributed by atoms with Crippen molar-refractivity contribution < 1.29 is 0 Å². The average Bonchev–Trinajstić information content (AvgIpc) is 2.59. The predicted molar refractivity (Wildman–Crippen MR) is 73.4 cm³/mol. The Morgan fingerprint density at radius 3 is 2.61 bits per heavy atom. The fourth-order valence-corrected chi connectivity index (χ4v) is 2.47. The third-order valence-corrected chi connectivity index (χ3v) is 3.76. The summed E-state index contributed by atoms with van der Waals surface area (Å²) in [5.74, 6) is 0.756. The molecule has 2 aromatic rings. The predicted octanol–water partition coefficient (Wildman–Crippen LogP) is 1.80. The summed E-state index contributed by atoms with van der Waals surface area (Å²) >= 11 is 1.27. The quantitative estimate of drug-likeness (QED) is 0.914. The molecule has 0 aromatic carbocycles. The molecule has 18 heavy (non-hydrogen) atoms. The van der Waals surface area contributed by atoms with Gasteiger partial charge in [-0.3, -0.25) is 14.3 Å². The van der Waals surface area contributed by atoms with Crippen LogP contribution >= 0.6 is 11.3 Å². The molecule has 0 fully saturated rings. The fraction of sp³-hybridized carbons (Fsp3) is 0.417. The highest BCUT2D eigenvalue weighted by atomic mass is 32.1. The molecule has 0 aliphatic heterocycles. The van der Waals surface area contributed by atoms with E-state index in [0.29, 0.717) is 6.54 Å². The van der Waals surface area contributed by atoms with E-state index in [1.807, 2.05) is 20.8 Å². The minimum absolute atomic E-state index is 0.0579.